The van der Waals surface area contributed by atoms with E-state index in [0.717, 1.165) is 43.1 Å². The molecule has 1 saturated heterocycles. The summed E-state index contributed by atoms with van der Waals surface area (Å²) in [7, 11) is 0. The zero-order valence-corrected chi connectivity index (χ0v) is 16.6. The summed E-state index contributed by atoms with van der Waals surface area (Å²) in [5.41, 5.74) is 3.13. The smallest absolute Gasteiger partial charge is 0.258 e. The average molecular weight is 401 g/mol. The second-order valence-electron chi connectivity index (χ2n) is 8.30. The molecule has 152 valence electrons. The fourth-order valence-corrected chi connectivity index (χ4v) is 4.96. The Hall–Kier alpha value is -3.14. The molecule has 30 heavy (non-hydrogen) atoms. The maximum Gasteiger partial charge on any atom is 0.258 e. The number of nitriles is 1. The molecule has 0 spiro atoms. The average Bonchev–Trinajstić information content (AvgIpc) is 3.22. The maximum atomic E-state index is 13.3. The van der Waals surface area contributed by atoms with Crippen molar-refractivity contribution in [2.24, 2.45) is 5.92 Å². The number of pyridine rings is 1. The van der Waals surface area contributed by atoms with Gasteiger partial charge >= 0.3 is 0 Å². The van der Waals surface area contributed by atoms with E-state index in [9.17, 15) is 9.90 Å². The third kappa shape index (κ3) is 3.36. The lowest BCUT2D eigenvalue weighted by atomic mass is 9.82. The minimum Gasteiger partial charge on any atom is -0.462 e. The Morgan fingerprint density at radius 3 is 2.77 bits per heavy atom. The molecule has 0 radical (unpaired) electrons. The van der Waals surface area contributed by atoms with Crippen LogP contribution in [0.1, 0.15) is 35.1 Å². The number of nitrogens with zero attached hydrogens (tertiary/aromatic N) is 3. The molecule has 2 unspecified atom stereocenters. The largest absolute Gasteiger partial charge is 0.462 e. The molecule has 1 aromatic carbocycles. The number of hydrogen-bond donors (Lipinski definition) is 1. The van der Waals surface area contributed by atoms with Gasteiger partial charge in [0.15, 0.2) is 0 Å². The van der Waals surface area contributed by atoms with Crippen molar-refractivity contribution in [3.8, 4) is 17.2 Å². The molecule has 5 rings (SSSR count). The molecule has 3 aromatic rings. The molecule has 0 amide bonds. The summed E-state index contributed by atoms with van der Waals surface area (Å²) in [6.45, 7) is 3.16. The molecule has 2 aromatic heterocycles. The molecule has 2 bridgehead atoms. The minimum absolute atomic E-state index is 0.0318. The van der Waals surface area contributed by atoms with Crippen molar-refractivity contribution in [3.05, 3.63) is 81.7 Å². The minimum atomic E-state index is -0.0822. The van der Waals surface area contributed by atoms with Crippen LogP contribution in [0.25, 0.3) is 11.1 Å². The fourth-order valence-electron chi connectivity index (χ4n) is 4.96. The fraction of sp³-hybridized carbons (Fsp3) is 0.333. The van der Waals surface area contributed by atoms with Crippen molar-refractivity contribution in [2.45, 2.75) is 32.0 Å². The van der Waals surface area contributed by atoms with Crippen molar-refractivity contribution < 1.29 is 9.52 Å². The van der Waals surface area contributed by atoms with Gasteiger partial charge in [-0.25, -0.2) is 0 Å². The van der Waals surface area contributed by atoms with E-state index in [0.29, 0.717) is 35.3 Å². The highest BCUT2D eigenvalue weighted by Gasteiger charge is 2.35. The standard InChI is InChI=1S/C24H23N3O3/c25-10-16-2-1-3-18(8-16)22-6-7-23-19-9-17(12-27(23)24(22)29)11-26(13-19)14-20-4-5-21(15-28)30-20/h1-8,17,19,28H,9,11-15H2. The van der Waals surface area contributed by atoms with E-state index in [4.69, 9.17) is 9.68 Å². The summed E-state index contributed by atoms with van der Waals surface area (Å²) in [6, 6.07) is 17.1. The third-order valence-corrected chi connectivity index (χ3v) is 6.24. The van der Waals surface area contributed by atoms with Crippen molar-refractivity contribution in [1.82, 2.24) is 9.47 Å². The number of aliphatic hydroxyl groups is 1. The number of aliphatic hydroxyl groups excluding tert-OH is 1. The molecule has 4 heterocycles. The van der Waals surface area contributed by atoms with E-state index in [-0.39, 0.29) is 12.2 Å². The Balaban J connectivity index is 1.42. The Morgan fingerprint density at radius 2 is 1.97 bits per heavy atom. The number of piperidine rings is 1. The summed E-state index contributed by atoms with van der Waals surface area (Å²) < 4.78 is 7.61. The molecule has 0 saturated carbocycles. The van der Waals surface area contributed by atoms with Crippen molar-refractivity contribution in [2.75, 3.05) is 13.1 Å². The lowest BCUT2D eigenvalue weighted by Crippen LogP contribution is -2.46. The van der Waals surface area contributed by atoms with Gasteiger partial charge in [0.25, 0.3) is 5.56 Å². The van der Waals surface area contributed by atoms with Crippen molar-refractivity contribution in [1.29, 1.82) is 5.26 Å². The van der Waals surface area contributed by atoms with Crippen LogP contribution in [0.3, 0.4) is 0 Å². The molecule has 1 N–H and O–H groups in total. The van der Waals surface area contributed by atoms with Gasteiger partial charge in [-0.3, -0.25) is 9.69 Å². The number of fused-ring (bicyclic) bond motifs is 4. The number of rotatable bonds is 4. The molecule has 6 nitrogen and oxygen atoms in total. The van der Waals surface area contributed by atoms with Crippen LogP contribution in [-0.4, -0.2) is 27.7 Å². The van der Waals surface area contributed by atoms with Crippen LogP contribution in [0.4, 0.5) is 0 Å². The number of hydrogen-bond acceptors (Lipinski definition) is 5. The maximum absolute atomic E-state index is 13.3. The van der Waals surface area contributed by atoms with Gasteiger partial charge in [0.2, 0.25) is 0 Å². The van der Waals surface area contributed by atoms with Gasteiger partial charge in [-0.05, 0) is 54.3 Å². The van der Waals surface area contributed by atoms with Gasteiger partial charge in [-0.15, -0.1) is 0 Å². The summed E-state index contributed by atoms with van der Waals surface area (Å²) in [5, 5.41) is 18.4. The van der Waals surface area contributed by atoms with E-state index >= 15 is 0 Å². The predicted octanol–water partition coefficient (Wildman–Crippen LogP) is 3.09. The SMILES string of the molecule is N#Cc1cccc(-c2ccc3n(c2=O)CC2CC3CN(Cc3ccc(CO)o3)C2)c1. The highest BCUT2D eigenvalue weighted by molar-refractivity contribution is 5.64. The van der Waals surface area contributed by atoms with Gasteiger partial charge in [0.1, 0.15) is 18.1 Å². The lowest BCUT2D eigenvalue weighted by molar-refractivity contribution is 0.106. The highest BCUT2D eigenvalue weighted by Crippen LogP contribution is 2.36. The first-order valence-electron chi connectivity index (χ1n) is 10.3. The Labute approximate surface area is 174 Å². The van der Waals surface area contributed by atoms with Gasteiger partial charge < -0.3 is 14.1 Å². The molecule has 2 aliphatic rings. The molecule has 0 aliphatic carbocycles. The summed E-state index contributed by atoms with van der Waals surface area (Å²) in [6.07, 6.45) is 1.10. The van der Waals surface area contributed by atoms with E-state index in [1.54, 1.807) is 12.1 Å². The summed E-state index contributed by atoms with van der Waals surface area (Å²) >= 11 is 0. The lowest BCUT2D eigenvalue weighted by Gasteiger charge is -2.42. The van der Waals surface area contributed by atoms with Crippen LogP contribution in [0.15, 0.2) is 57.7 Å². The number of furan rings is 1. The van der Waals surface area contributed by atoms with E-state index in [1.807, 2.05) is 34.9 Å². The van der Waals surface area contributed by atoms with Crippen LogP contribution in [-0.2, 0) is 19.7 Å². The molecular formula is C24H23N3O3. The van der Waals surface area contributed by atoms with Gasteiger partial charge in [-0.1, -0.05) is 12.1 Å². The summed E-state index contributed by atoms with van der Waals surface area (Å²) in [4.78, 5) is 15.7. The van der Waals surface area contributed by atoms with Crippen molar-refractivity contribution in [3.63, 3.8) is 0 Å². The van der Waals surface area contributed by atoms with E-state index in [1.165, 1.54) is 0 Å². The molecule has 2 aliphatic heterocycles. The topological polar surface area (TPSA) is 82.4 Å². The Kier molecular flexibility index (Phi) is 4.78. The van der Waals surface area contributed by atoms with Crippen LogP contribution >= 0.6 is 0 Å². The number of benzene rings is 1. The first kappa shape index (κ1) is 18.9. The molecular weight excluding hydrogens is 378 g/mol. The van der Waals surface area contributed by atoms with Crippen LogP contribution in [0, 0.1) is 17.2 Å². The van der Waals surface area contributed by atoms with E-state index < -0.39 is 0 Å². The molecule has 2 atom stereocenters. The first-order valence-corrected chi connectivity index (χ1v) is 10.3. The normalized spacial score (nSPS) is 20.5. The zero-order chi connectivity index (χ0) is 20.7. The summed E-state index contributed by atoms with van der Waals surface area (Å²) in [5.74, 6) is 2.19. The number of aromatic nitrogens is 1. The third-order valence-electron chi connectivity index (χ3n) is 6.24. The second kappa shape index (κ2) is 7.60. The zero-order valence-electron chi connectivity index (χ0n) is 16.6. The predicted molar refractivity (Wildman–Crippen MR) is 112 cm³/mol. The highest BCUT2D eigenvalue weighted by atomic mass is 16.4. The van der Waals surface area contributed by atoms with Crippen LogP contribution < -0.4 is 5.56 Å². The molecule has 1 fully saturated rings. The van der Waals surface area contributed by atoms with Crippen LogP contribution in [0.5, 0.6) is 0 Å². The van der Waals surface area contributed by atoms with Gasteiger partial charge in [0, 0.05) is 36.8 Å². The van der Waals surface area contributed by atoms with Gasteiger partial charge in [0.05, 0.1) is 18.2 Å². The Morgan fingerprint density at radius 1 is 1.10 bits per heavy atom. The first-order chi connectivity index (χ1) is 14.6. The van der Waals surface area contributed by atoms with Gasteiger partial charge in [-0.2, -0.15) is 5.26 Å². The quantitative estimate of drug-likeness (QED) is 0.726. The molecule has 6 heteroatoms. The van der Waals surface area contributed by atoms with Crippen LogP contribution in [0.2, 0.25) is 0 Å². The van der Waals surface area contributed by atoms with Crippen molar-refractivity contribution >= 4 is 0 Å². The number of likely N-dealkylation sites (tertiary alicyclic amines) is 1. The Bertz CT molecular complexity index is 1190. The monoisotopic (exact) mass is 401 g/mol. The second-order valence-corrected chi connectivity index (χ2v) is 8.30. The van der Waals surface area contributed by atoms with E-state index in [2.05, 4.69) is 17.0 Å².